The lowest BCUT2D eigenvalue weighted by Crippen LogP contribution is -2.28. The summed E-state index contributed by atoms with van der Waals surface area (Å²) < 4.78 is 5.54. The zero-order valence-corrected chi connectivity index (χ0v) is 12.3. The maximum absolute atomic E-state index is 11.4. The van der Waals surface area contributed by atoms with Gasteiger partial charge in [0.15, 0.2) is 0 Å². The number of aromatic nitrogens is 2. The van der Waals surface area contributed by atoms with E-state index in [1.54, 1.807) is 24.3 Å². The lowest BCUT2D eigenvalue weighted by Gasteiger charge is -2.13. The molecule has 21 heavy (non-hydrogen) atoms. The molecule has 0 aliphatic rings. The molecule has 0 aliphatic heterocycles. The largest absolute Gasteiger partial charge is 0.480 e. The Labute approximate surface area is 123 Å². The highest BCUT2D eigenvalue weighted by Gasteiger charge is 2.23. The molecule has 2 N–H and O–H groups in total. The van der Waals surface area contributed by atoms with Gasteiger partial charge in [-0.1, -0.05) is 51.1 Å². The SMILES string of the molecule is CC(C)(C)c1nnc(CNC(C(=O)O)c2ccccc2)o1. The molecule has 6 nitrogen and oxygen atoms in total. The van der Waals surface area contributed by atoms with Crippen LogP contribution in [-0.2, 0) is 16.8 Å². The molecule has 0 aliphatic carbocycles. The van der Waals surface area contributed by atoms with Crippen LogP contribution in [0.15, 0.2) is 34.7 Å². The normalized spacial score (nSPS) is 13.1. The Bertz CT molecular complexity index is 602. The van der Waals surface area contributed by atoms with Crippen LogP contribution in [0.2, 0.25) is 0 Å². The van der Waals surface area contributed by atoms with Gasteiger partial charge in [0.25, 0.3) is 0 Å². The fourth-order valence-corrected chi connectivity index (χ4v) is 1.81. The summed E-state index contributed by atoms with van der Waals surface area (Å²) in [5, 5.41) is 20.1. The van der Waals surface area contributed by atoms with Crippen molar-refractivity contribution in [2.45, 2.75) is 38.8 Å². The number of carboxylic acids is 1. The fraction of sp³-hybridized carbons (Fsp3) is 0.400. The number of hydrogen-bond acceptors (Lipinski definition) is 5. The Balaban J connectivity index is 2.06. The summed E-state index contributed by atoms with van der Waals surface area (Å²) in [6.45, 7) is 6.13. The van der Waals surface area contributed by atoms with E-state index in [1.807, 2.05) is 26.8 Å². The summed E-state index contributed by atoms with van der Waals surface area (Å²) in [6, 6.07) is 8.17. The van der Waals surface area contributed by atoms with Crippen LogP contribution >= 0.6 is 0 Å². The number of nitrogens with zero attached hydrogens (tertiary/aromatic N) is 2. The van der Waals surface area contributed by atoms with Gasteiger partial charge in [0.2, 0.25) is 11.8 Å². The smallest absolute Gasteiger partial charge is 0.325 e. The van der Waals surface area contributed by atoms with Crippen LogP contribution in [0.4, 0.5) is 0 Å². The number of nitrogens with one attached hydrogen (secondary N) is 1. The minimum Gasteiger partial charge on any atom is -0.480 e. The molecule has 0 fully saturated rings. The molecule has 0 amide bonds. The van der Waals surface area contributed by atoms with Gasteiger partial charge in [-0.3, -0.25) is 10.1 Å². The number of aliphatic carboxylic acids is 1. The predicted molar refractivity (Wildman–Crippen MR) is 76.7 cm³/mol. The van der Waals surface area contributed by atoms with Crippen molar-refractivity contribution >= 4 is 5.97 Å². The van der Waals surface area contributed by atoms with Gasteiger partial charge in [0.1, 0.15) is 6.04 Å². The standard InChI is InChI=1S/C15H19N3O3/c1-15(2,3)14-18-17-11(21-14)9-16-12(13(19)20)10-7-5-4-6-8-10/h4-8,12,16H,9H2,1-3H3,(H,19,20). The van der Waals surface area contributed by atoms with E-state index in [9.17, 15) is 9.90 Å². The molecule has 2 aromatic rings. The third-order valence-electron chi connectivity index (χ3n) is 2.95. The summed E-state index contributed by atoms with van der Waals surface area (Å²) in [7, 11) is 0. The van der Waals surface area contributed by atoms with E-state index in [0.29, 0.717) is 17.3 Å². The first-order valence-corrected chi connectivity index (χ1v) is 6.72. The third kappa shape index (κ3) is 3.88. The third-order valence-corrected chi connectivity index (χ3v) is 2.95. The van der Waals surface area contributed by atoms with Crippen molar-refractivity contribution < 1.29 is 14.3 Å². The molecule has 1 unspecified atom stereocenters. The monoisotopic (exact) mass is 289 g/mol. The summed E-state index contributed by atoms with van der Waals surface area (Å²) in [5.41, 5.74) is 0.456. The first-order valence-electron chi connectivity index (χ1n) is 6.72. The molecular formula is C15H19N3O3. The molecule has 1 aromatic heterocycles. The number of rotatable bonds is 5. The Kier molecular flexibility index (Phi) is 4.37. The second-order valence-corrected chi connectivity index (χ2v) is 5.81. The van der Waals surface area contributed by atoms with Crippen molar-refractivity contribution in [1.29, 1.82) is 0 Å². The summed E-state index contributed by atoms with van der Waals surface area (Å²) in [5.74, 6) is -0.0373. The van der Waals surface area contributed by atoms with E-state index in [1.165, 1.54) is 0 Å². The molecule has 112 valence electrons. The van der Waals surface area contributed by atoms with E-state index in [0.717, 1.165) is 0 Å². The fourth-order valence-electron chi connectivity index (χ4n) is 1.81. The molecule has 1 atom stereocenters. The molecule has 0 saturated heterocycles. The van der Waals surface area contributed by atoms with E-state index in [4.69, 9.17) is 4.42 Å². The molecule has 0 saturated carbocycles. The molecular weight excluding hydrogens is 270 g/mol. The minimum absolute atomic E-state index is 0.203. The van der Waals surface area contributed by atoms with Gasteiger partial charge in [-0.25, -0.2) is 0 Å². The Morgan fingerprint density at radius 2 is 1.95 bits per heavy atom. The highest BCUT2D eigenvalue weighted by atomic mass is 16.4. The van der Waals surface area contributed by atoms with E-state index >= 15 is 0 Å². The van der Waals surface area contributed by atoms with Crippen LogP contribution in [0, 0.1) is 0 Å². The van der Waals surface area contributed by atoms with Crippen molar-refractivity contribution in [3.8, 4) is 0 Å². The summed E-state index contributed by atoms with van der Waals surface area (Å²) >= 11 is 0. The van der Waals surface area contributed by atoms with E-state index < -0.39 is 12.0 Å². The molecule has 6 heteroatoms. The number of benzene rings is 1. The maximum Gasteiger partial charge on any atom is 0.325 e. The topological polar surface area (TPSA) is 88.2 Å². The Hall–Kier alpha value is -2.21. The van der Waals surface area contributed by atoms with Crippen LogP contribution in [0.25, 0.3) is 0 Å². The average Bonchev–Trinajstić information content (AvgIpc) is 2.88. The zero-order chi connectivity index (χ0) is 15.5. The van der Waals surface area contributed by atoms with Gasteiger partial charge in [0.05, 0.1) is 6.54 Å². The molecule has 1 heterocycles. The summed E-state index contributed by atoms with van der Waals surface area (Å²) in [6.07, 6.45) is 0. The van der Waals surface area contributed by atoms with Crippen LogP contribution in [-0.4, -0.2) is 21.3 Å². The average molecular weight is 289 g/mol. The van der Waals surface area contributed by atoms with E-state index in [2.05, 4.69) is 15.5 Å². The maximum atomic E-state index is 11.4. The minimum atomic E-state index is -0.947. The van der Waals surface area contributed by atoms with Gasteiger partial charge < -0.3 is 9.52 Å². The number of carbonyl (C=O) groups is 1. The highest BCUT2D eigenvalue weighted by Crippen LogP contribution is 2.20. The van der Waals surface area contributed by atoms with Crippen molar-refractivity contribution in [3.63, 3.8) is 0 Å². The second kappa shape index (κ2) is 6.05. The molecule has 0 spiro atoms. The summed E-state index contributed by atoms with van der Waals surface area (Å²) in [4.78, 5) is 11.4. The number of hydrogen-bond donors (Lipinski definition) is 2. The predicted octanol–water partition coefficient (Wildman–Crippen LogP) is 2.28. The second-order valence-electron chi connectivity index (χ2n) is 5.81. The number of carboxylic acid groups (broad SMARTS) is 1. The van der Waals surface area contributed by atoms with Gasteiger partial charge in [-0.2, -0.15) is 0 Å². The molecule has 0 bridgehead atoms. The van der Waals surface area contributed by atoms with Crippen LogP contribution in [0.1, 0.15) is 44.2 Å². The van der Waals surface area contributed by atoms with Crippen molar-refractivity contribution in [2.24, 2.45) is 0 Å². The van der Waals surface area contributed by atoms with Crippen LogP contribution in [0.3, 0.4) is 0 Å². The molecule has 1 aromatic carbocycles. The van der Waals surface area contributed by atoms with E-state index in [-0.39, 0.29) is 12.0 Å². The molecule has 0 radical (unpaired) electrons. The van der Waals surface area contributed by atoms with Gasteiger partial charge in [-0.05, 0) is 5.56 Å². The Morgan fingerprint density at radius 3 is 2.48 bits per heavy atom. The van der Waals surface area contributed by atoms with Crippen LogP contribution in [0.5, 0.6) is 0 Å². The first-order chi connectivity index (χ1) is 9.88. The van der Waals surface area contributed by atoms with Crippen molar-refractivity contribution in [3.05, 3.63) is 47.7 Å². The van der Waals surface area contributed by atoms with Crippen molar-refractivity contribution in [1.82, 2.24) is 15.5 Å². The van der Waals surface area contributed by atoms with Crippen molar-refractivity contribution in [2.75, 3.05) is 0 Å². The van der Waals surface area contributed by atoms with Gasteiger partial charge in [-0.15, -0.1) is 10.2 Å². The molecule has 2 rings (SSSR count). The zero-order valence-electron chi connectivity index (χ0n) is 12.3. The lowest BCUT2D eigenvalue weighted by atomic mass is 9.97. The highest BCUT2D eigenvalue weighted by molar-refractivity contribution is 5.75. The van der Waals surface area contributed by atoms with Gasteiger partial charge >= 0.3 is 5.97 Å². The quantitative estimate of drug-likeness (QED) is 0.878. The van der Waals surface area contributed by atoms with Crippen LogP contribution < -0.4 is 5.32 Å². The van der Waals surface area contributed by atoms with Gasteiger partial charge in [0, 0.05) is 5.41 Å². The Morgan fingerprint density at radius 1 is 1.29 bits per heavy atom. The lowest BCUT2D eigenvalue weighted by molar-refractivity contribution is -0.139. The first kappa shape index (κ1) is 15.2.